The molecule has 0 atom stereocenters. The maximum Gasteiger partial charge on any atom is 0.159 e. The normalized spacial score (nSPS) is 22.6. The maximum absolute atomic E-state index is 10.2. The first-order chi connectivity index (χ1) is 11.7. The van der Waals surface area contributed by atoms with Gasteiger partial charge in [0, 0.05) is 50.1 Å². The fourth-order valence-corrected chi connectivity index (χ4v) is 4.16. The van der Waals surface area contributed by atoms with Crippen LogP contribution in [-0.2, 0) is 5.41 Å². The molecule has 1 aromatic heterocycles. The van der Waals surface area contributed by atoms with E-state index in [1.807, 2.05) is 25.5 Å². The van der Waals surface area contributed by atoms with Crippen LogP contribution in [-0.4, -0.2) is 45.9 Å². The molecule has 1 aromatic rings. The van der Waals surface area contributed by atoms with Gasteiger partial charge in [-0.05, 0) is 25.0 Å². The molecule has 5 nitrogen and oxygen atoms in total. The predicted molar refractivity (Wildman–Crippen MR) is 94.6 cm³/mol. The average Bonchev–Trinajstić information content (AvgIpc) is 3.08. The van der Waals surface area contributed by atoms with Crippen molar-refractivity contribution in [2.75, 3.05) is 20.1 Å². The van der Waals surface area contributed by atoms with Gasteiger partial charge in [-0.2, -0.15) is 0 Å². The lowest BCUT2D eigenvalue weighted by molar-refractivity contribution is 0.297. The maximum atomic E-state index is 10.2. The van der Waals surface area contributed by atoms with Crippen molar-refractivity contribution in [1.82, 2.24) is 14.8 Å². The predicted octanol–water partition coefficient (Wildman–Crippen LogP) is 3.18. The fourth-order valence-electron chi connectivity index (χ4n) is 4.16. The topological polar surface area (TPSA) is 52.0 Å². The van der Waals surface area contributed by atoms with Crippen molar-refractivity contribution < 1.29 is 5.11 Å². The Balaban J connectivity index is 1.67. The molecule has 1 fully saturated rings. The number of hydrogen-bond acceptors (Lipinski definition) is 5. The summed E-state index contributed by atoms with van der Waals surface area (Å²) in [7, 11) is 2.04. The molecular weight excluding hydrogens is 300 g/mol. The second-order valence-corrected chi connectivity index (χ2v) is 7.09. The Morgan fingerprint density at radius 3 is 2.79 bits per heavy atom. The molecule has 3 aliphatic rings. The smallest absolute Gasteiger partial charge is 0.159 e. The van der Waals surface area contributed by atoms with Gasteiger partial charge < -0.3 is 14.9 Å². The fraction of sp³-hybridized carbons (Fsp3) is 0.474. The number of aromatic nitrogens is 1. The molecule has 0 bridgehead atoms. The van der Waals surface area contributed by atoms with E-state index in [-0.39, 0.29) is 11.2 Å². The van der Waals surface area contributed by atoms with E-state index in [2.05, 4.69) is 31.9 Å². The standard InChI is InChI=1S/C19H24N4O/c1-22-10-11-23-15(14-22)16(24)13-21-18(23)12-19(7-3-4-8-19)17-6-2-5-9-20-17/h2,5-6,9,13-14,24H,3-4,7-8,10-12H2,1H3. The highest BCUT2D eigenvalue weighted by Crippen LogP contribution is 2.44. The number of rotatable bonds is 3. The minimum Gasteiger partial charge on any atom is -0.504 e. The van der Waals surface area contributed by atoms with Gasteiger partial charge in [0.15, 0.2) is 5.76 Å². The average molecular weight is 324 g/mol. The van der Waals surface area contributed by atoms with Crippen molar-refractivity contribution in [3.63, 3.8) is 0 Å². The minimum absolute atomic E-state index is 0.0787. The van der Waals surface area contributed by atoms with Crippen molar-refractivity contribution in [1.29, 1.82) is 0 Å². The van der Waals surface area contributed by atoms with Gasteiger partial charge in [-0.15, -0.1) is 0 Å². The van der Waals surface area contributed by atoms with Crippen LogP contribution in [0.5, 0.6) is 0 Å². The third-order valence-corrected chi connectivity index (χ3v) is 5.49. The highest BCUT2D eigenvalue weighted by molar-refractivity contribution is 5.87. The summed E-state index contributed by atoms with van der Waals surface area (Å²) in [5, 5.41) is 10.2. The first-order valence-electron chi connectivity index (χ1n) is 8.75. The van der Waals surface area contributed by atoms with Gasteiger partial charge in [0.1, 0.15) is 11.5 Å². The summed E-state index contributed by atoms with van der Waals surface area (Å²) in [5.74, 6) is 1.31. The van der Waals surface area contributed by atoms with E-state index in [1.54, 1.807) is 6.20 Å². The van der Waals surface area contributed by atoms with E-state index in [1.165, 1.54) is 18.5 Å². The Kier molecular flexibility index (Phi) is 3.79. The summed E-state index contributed by atoms with van der Waals surface area (Å²) in [6.45, 7) is 1.80. The number of hydrogen-bond donors (Lipinski definition) is 1. The molecule has 0 saturated heterocycles. The van der Waals surface area contributed by atoms with E-state index in [0.29, 0.717) is 0 Å². The molecule has 1 aliphatic carbocycles. The lowest BCUT2D eigenvalue weighted by Crippen LogP contribution is -2.44. The van der Waals surface area contributed by atoms with Crippen molar-refractivity contribution in [2.45, 2.75) is 37.5 Å². The Hall–Kier alpha value is -2.30. The number of likely N-dealkylation sites (N-methyl/N-ethyl adjacent to an activating group) is 1. The summed E-state index contributed by atoms with van der Waals surface area (Å²) < 4.78 is 0. The Morgan fingerprint density at radius 2 is 2.04 bits per heavy atom. The molecule has 0 unspecified atom stereocenters. The van der Waals surface area contributed by atoms with Gasteiger partial charge in [0.25, 0.3) is 0 Å². The third-order valence-electron chi connectivity index (χ3n) is 5.49. The quantitative estimate of drug-likeness (QED) is 0.928. The lowest BCUT2D eigenvalue weighted by Gasteiger charge is -2.39. The zero-order chi connectivity index (χ0) is 16.6. The number of fused-ring (bicyclic) bond motifs is 1. The van der Waals surface area contributed by atoms with Crippen LogP contribution in [0.1, 0.15) is 37.8 Å². The summed E-state index contributed by atoms with van der Waals surface area (Å²) in [5.41, 5.74) is 2.13. The van der Waals surface area contributed by atoms with Crippen LogP contribution in [0.3, 0.4) is 0 Å². The first-order valence-corrected chi connectivity index (χ1v) is 8.75. The molecule has 0 spiro atoms. The molecule has 0 radical (unpaired) electrons. The zero-order valence-corrected chi connectivity index (χ0v) is 14.1. The van der Waals surface area contributed by atoms with Crippen LogP contribution < -0.4 is 0 Å². The Morgan fingerprint density at radius 1 is 1.21 bits per heavy atom. The second-order valence-electron chi connectivity index (χ2n) is 7.09. The van der Waals surface area contributed by atoms with E-state index in [4.69, 9.17) is 0 Å². The van der Waals surface area contributed by atoms with E-state index < -0.39 is 0 Å². The highest BCUT2D eigenvalue weighted by Gasteiger charge is 2.40. The highest BCUT2D eigenvalue weighted by atomic mass is 16.3. The molecule has 2 aliphatic heterocycles. The van der Waals surface area contributed by atoms with Crippen LogP contribution in [0.15, 0.2) is 53.2 Å². The van der Waals surface area contributed by atoms with Gasteiger partial charge >= 0.3 is 0 Å². The molecule has 0 aromatic carbocycles. The molecule has 126 valence electrons. The number of aliphatic hydroxyl groups is 1. The summed E-state index contributed by atoms with van der Waals surface area (Å²) in [4.78, 5) is 13.6. The van der Waals surface area contributed by atoms with E-state index >= 15 is 0 Å². The number of pyridine rings is 1. The molecular formula is C19H24N4O. The number of amidine groups is 1. The van der Waals surface area contributed by atoms with Gasteiger partial charge in [-0.1, -0.05) is 18.9 Å². The summed E-state index contributed by atoms with van der Waals surface area (Å²) in [6.07, 6.45) is 11.2. The third kappa shape index (κ3) is 2.58. The van der Waals surface area contributed by atoms with Crippen molar-refractivity contribution in [2.24, 2.45) is 4.99 Å². The lowest BCUT2D eigenvalue weighted by atomic mass is 9.78. The number of aliphatic imine (C=N–C) groups is 1. The van der Waals surface area contributed by atoms with Crippen molar-refractivity contribution in [3.05, 3.63) is 53.9 Å². The van der Waals surface area contributed by atoms with Gasteiger partial charge in [0.05, 0.1) is 6.20 Å². The zero-order valence-electron chi connectivity index (χ0n) is 14.1. The second kappa shape index (κ2) is 5.96. The molecule has 5 heteroatoms. The van der Waals surface area contributed by atoms with E-state index in [9.17, 15) is 5.11 Å². The van der Waals surface area contributed by atoms with Crippen molar-refractivity contribution in [3.8, 4) is 0 Å². The van der Waals surface area contributed by atoms with Crippen molar-refractivity contribution >= 4 is 5.84 Å². The molecule has 4 rings (SSSR count). The van der Waals surface area contributed by atoms with Gasteiger partial charge in [0.2, 0.25) is 0 Å². The van der Waals surface area contributed by atoms with Crippen LogP contribution in [0.2, 0.25) is 0 Å². The van der Waals surface area contributed by atoms with Crippen LogP contribution in [0.25, 0.3) is 0 Å². The Labute approximate surface area is 143 Å². The SMILES string of the molecule is CN1C=C2C(O)=CN=C(CC3(c4ccccn4)CCCC3)N2CC1. The summed E-state index contributed by atoms with van der Waals surface area (Å²) in [6, 6.07) is 6.22. The van der Waals surface area contributed by atoms with Crippen LogP contribution in [0, 0.1) is 0 Å². The van der Waals surface area contributed by atoms with Gasteiger partial charge in [-0.3, -0.25) is 4.98 Å². The molecule has 1 saturated carbocycles. The molecule has 1 N–H and O–H groups in total. The minimum atomic E-state index is 0.0787. The largest absolute Gasteiger partial charge is 0.504 e. The van der Waals surface area contributed by atoms with E-state index in [0.717, 1.165) is 43.9 Å². The number of aliphatic hydroxyl groups excluding tert-OH is 1. The Bertz CT molecular complexity index is 701. The monoisotopic (exact) mass is 324 g/mol. The van der Waals surface area contributed by atoms with Gasteiger partial charge in [-0.25, -0.2) is 4.99 Å². The molecule has 0 amide bonds. The summed E-state index contributed by atoms with van der Waals surface area (Å²) >= 11 is 0. The molecule has 24 heavy (non-hydrogen) atoms. The van der Waals surface area contributed by atoms with Crippen LogP contribution >= 0.6 is 0 Å². The first kappa shape index (κ1) is 15.2. The molecule has 3 heterocycles. The number of nitrogens with zero attached hydrogens (tertiary/aromatic N) is 4. The van der Waals surface area contributed by atoms with Crippen LogP contribution in [0.4, 0.5) is 0 Å².